The molecule has 0 spiro atoms. The molecule has 1 aliphatic heterocycles. The fraction of sp³-hybridized carbons (Fsp3) is 0.278. The molecule has 0 N–H and O–H groups in total. The molecular formula is C18H19ClN2O3S. The van der Waals surface area contributed by atoms with Crippen LogP contribution in [0.15, 0.2) is 59.5 Å². The van der Waals surface area contributed by atoms with Gasteiger partial charge in [-0.1, -0.05) is 29.8 Å². The van der Waals surface area contributed by atoms with Crippen molar-refractivity contribution in [3.63, 3.8) is 0 Å². The van der Waals surface area contributed by atoms with Crippen LogP contribution >= 0.6 is 11.6 Å². The smallest absolute Gasteiger partial charge is 0.253 e. The molecule has 2 aromatic rings. The molecule has 0 aliphatic carbocycles. The summed E-state index contributed by atoms with van der Waals surface area (Å²) >= 11 is 5.84. The second-order valence-corrected chi connectivity index (χ2v) is 8.36. The van der Waals surface area contributed by atoms with Crippen LogP contribution < -0.4 is 0 Å². The standard InChI is InChI=1S/C18H19ClN2O3S/c1-14-13-20(18(22)15-5-3-2-4-6-15)11-12-21(14)25(23,24)17-9-7-16(19)8-10-17/h2-10,14H,11-13H2,1H3/t14-/m0/s1. The van der Waals surface area contributed by atoms with Crippen molar-refractivity contribution in [1.82, 2.24) is 9.21 Å². The summed E-state index contributed by atoms with van der Waals surface area (Å²) in [6, 6.07) is 14.9. The van der Waals surface area contributed by atoms with E-state index in [1.54, 1.807) is 29.2 Å². The molecule has 132 valence electrons. The molecule has 0 aromatic heterocycles. The third-order valence-electron chi connectivity index (χ3n) is 4.29. The van der Waals surface area contributed by atoms with Gasteiger partial charge in [-0.25, -0.2) is 8.42 Å². The van der Waals surface area contributed by atoms with Gasteiger partial charge in [-0.05, 0) is 43.3 Å². The highest BCUT2D eigenvalue weighted by Gasteiger charge is 2.35. The third kappa shape index (κ3) is 3.71. The van der Waals surface area contributed by atoms with E-state index in [1.807, 2.05) is 25.1 Å². The summed E-state index contributed by atoms with van der Waals surface area (Å²) in [5.74, 6) is -0.0732. The van der Waals surface area contributed by atoms with Crippen molar-refractivity contribution >= 4 is 27.5 Å². The Hall–Kier alpha value is -1.89. The van der Waals surface area contributed by atoms with E-state index in [-0.39, 0.29) is 23.4 Å². The number of piperazine rings is 1. The van der Waals surface area contributed by atoms with Gasteiger partial charge in [0.15, 0.2) is 0 Å². The maximum atomic E-state index is 12.8. The molecule has 1 heterocycles. The lowest BCUT2D eigenvalue weighted by Gasteiger charge is -2.39. The van der Waals surface area contributed by atoms with Crippen molar-refractivity contribution in [3.8, 4) is 0 Å². The lowest BCUT2D eigenvalue weighted by molar-refractivity contribution is 0.0642. The molecule has 5 nitrogen and oxygen atoms in total. The van der Waals surface area contributed by atoms with E-state index in [0.29, 0.717) is 23.7 Å². The summed E-state index contributed by atoms with van der Waals surface area (Å²) in [4.78, 5) is 14.5. The van der Waals surface area contributed by atoms with Crippen molar-refractivity contribution in [1.29, 1.82) is 0 Å². The van der Waals surface area contributed by atoms with Crippen LogP contribution in [-0.4, -0.2) is 49.2 Å². The number of carbonyl (C=O) groups excluding carboxylic acids is 1. The molecule has 2 aromatic carbocycles. The number of amides is 1. The Labute approximate surface area is 152 Å². The first kappa shape index (κ1) is 17.9. The highest BCUT2D eigenvalue weighted by Crippen LogP contribution is 2.23. The minimum atomic E-state index is -3.61. The summed E-state index contributed by atoms with van der Waals surface area (Å²) in [6.45, 7) is 2.81. The predicted octanol–water partition coefficient (Wildman–Crippen LogP) is 2.88. The van der Waals surface area contributed by atoms with Crippen LogP contribution in [-0.2, 0) is 10.0 Å². The fourth-order valence-electron chi connectivity index (χ4n) is 2.99. The summed E-state index contributed by atoms with van der Waals surface area (Å²) in [6.07, 6.45) is 0. The van der Waals surface area contributed by atoms with Crippen molar-refractivity contribution < 1.29 is 13.2 Å². The second-order valence-electron chi connectivity index (χ2n) is 6.04. The lowest BCUT2D eigenvalue weighted by Crippen LogP contribution is -2.55. The molecular weight excluding hydrogens is 360 g/mol. The molecule has 0 unspecified atom stereocenters. The minimum absolute atomic E-state index is 0.0732. The van der Waals surface area contributed by atoms with E-state index in [2.05, 4.69) is 0 Å². The van der Waals surface area contributed by atoms with Gasteiger partial charge in [-0.3, -0.25) is 4.79 Å². The number of rotatable bonds is 3. The normalized spacial score (nSPS) is 19.0. The maximum Gasteiger partial charge on any atom is 0.253 e. The monoisotopic (exact) mass is 378 g/mol. The lowest BCUT2D eigenvalue weighted by atomic mass is 10.1. The number of halogens is 1. The van der Waals surface area contributed by atoms with Crippen LogP contribution in [0.25, 0.3) is 0 Å². The Kier molecular flexibility index (Phi) is 5.13. The van der Waals surface area contributed by atoms with E-state index < -0.39 is 10.0 Å². The number of carbonyl (C=O) groups is 1. The number of sulfonamides is 1. The van der Waals surface area contributed by atoms with E-state index in [9.17, 15) is 13.2 Å². The molecule has 25 heavy (non-hydrogen) atoms. The average molecular weight is 379 g/mol. The number of nitrogens with zero attached hydrogens (tertiary/aromatic N) is 2. The molecule has 1 atom stereocenters. The Morgan fingerprint density at radius 3 is 2.28 bits per heavy atom. The van der Waals surface area contributed by atoms with Gasteiger partial charge < -0.3 is 4.90 Å². The zero-order chi connectivity index (χ0) is 18.0. The fourth-order valence-corrected chi connectivity index (χ4v) is 4.73. The van der Waals surface area contributed by atoms with Crippen LogP contribution in [0.2, 0.25) is 5.02 Å². The molecule has 1 aliphatic rings. The van der Waals surface area contributed by atoms with Crippen LogP contribution in [0.4, 0.5) is 0 Å². The summed E-state index contributed by atoms with van der Waals surface area (Å²) in [7, 11) is -3.61. The highest BCUT2D eigenvalue weighted by atomic mass is 35.5. The molecule has 7 heteroatoms. The van der Waals surface area contributed by atoms with E-state index >= 15 is 0 Å². The molecule has 3 rings (SSSR count). The van der Waals surface area contributed by atoms with Crippen LogP contribution in [0.1, 0.15) is 17.3 Å². The Balaban J connectivity index is 1.75. The van der Waals surface area contributed by atoms with Gasteiger partial charge in [0.05, 0.1) is 4.90 Å². The number of benzene rings is 2. The van der Waals surface area contributed by atoms with E-state index in [0.717, 1.165) is 0 Å². The van der Waals surface area contributed by atoms with Crippen LogP contribution in [0.3, 0.4) is 0 Å². The maximum absolute atomic E-state index is 12.8. The van der Waals surface area contributed by atoms with Gasteiger partial charge in [-0.15, -0.1) is 0 Å². The summed E-state index contributed by atoms with van der Waals surface area (Å²) < 4.78 is 27.1. The highest BCUT2D eigenvalue weighted by molar-refractivity contribution is 7.89. The Morgan fingerprint density at radius 1 is 1.04 bits per heavy atom. The Bertz CT molecular complexity index is 854. The first-order chi connectivity index (χ1) is 11.9. The zero-order valence-electron chi connectivity index (χ0n) is 13.8. The second kappa shape index (κ2) is 7.15. The molecule has 0 radical (unpaired) electrons. The average Bonchev–Trinajstić information content (AvgIpc) is 2.62. The molecule has 1 amide bonds. The number of hydrogen-bond donors (Lipinski definition) is 0. The molecule has 0 saturated carbocycles. The summed E-state index contributed by atoms with van der Waals surface area (Å²) in [5, 5.41) is 0.491. The SMILES string of the molecule is C[C@H]1CN(C(=O)c2ccccc2)CCN1S(=O)(=O)c1ccc(Cl)cc1. The van der Waals surface area contributed by atoms with E-state index in [1.165, 1.54) is 16.4 Å². The van der Waals surface area contributed by atoms with Gasteiger partial charge in [0.25, 0.3) is 5.91 Å². The van der Waals surface area contributed by atoms with Gasteiger partial charge in [0, 0.05) is 36.3 Å². The number of hydrogen-bond acceptors (Lipinski definition) is 3. The third-order valence-corrected chi connectivity index (χ3v) is 6.57. The van der Waals surface area contributed by atoms with Crippen molar-refractivity contribution in [2.24, 2.45) is 0 Å². The van der Waals surface area contributed by atoms with Crippen molar-refractivity contribution in [2.75, 3.05) is 19.6 Å². The molecule has 1 saturated heterocycles. The quantitative estimate of drug-likeness (QED) is 0.825. The van der Waals surface area contributed by atoms with Gasteiger partial charge >= 0.3 is 0 Å². The predicted molar refractivity (Wildman–Crippen MR) is 97.2 cm³/mol. The van der Waals surface area contributed by atoms with Crippen molar-refractivity contribution in [2.45, 2.75) is 17.9 Å². The van der Waals surface area contributed by atoms with Gasteiger partial charge in [0.2, 0.25) is 10.0 Å². The molecule has 0 bridgehead atoms. The largest absolute Gasteiger partial charge is 0.336 e. The zero-order valence-corrected chi connectivity index (χ0v) is 15.4. The van der Waals surface area contributed by atoms with Gasteiger partial charge in [-0.2, -0.15) is 4.31 Å². The van der Waals surface area contributed by atoms with Crippen LogP contribution in [0.5, 0.6) is 0 Å². The topological polar surface area (TPSA) is 57.7 Å². The Morgan fingerprint density at radius 2 is 1.68 bits per heavy atom. The van der Waals surface area contributed by atoms with Gasteiger partial charge in [0.1, 0.15) is 0 Å². The van der Waals surface area contributed by atoms with Crippen LogP contribution in [0, 0.1) is 0 Å². The minimum Gasteiger partial charge on any atom is -0.336 e. The van der Waals surface area contributed by atoms with Crippen molar-refractivity contribution in [3.05, 3.63) is 65.2 Å². The first-order valence-corrected chi connectivity index (χ1v) is 9.83. The first-order valence-electron chi connectivity index (χ1n) is 8.01. The van der Waals surface area contributed by atoms with E-state index in [4.69, 9.17) is 11.6 Å². The molecule has 1 fully saturated rings. The summed E-state index contributed by atoms with van der Waals surface area (Å²) in [5.41, 5.74) is 0.615.